The molecule has 0 N–H and O–H groups in total. The summed E-state index contributed by atoms with van der Waals surface area (Å²) in [4.78, 5) is 40.2. The minimum Gasteiger partial charge on any atom is -0.469 e. The van der Waals surface area contributed by atoms with Crippen LogP contribution in [-0.4, -0.2) is 43.8 Å². The third kappa shape index (κ3) is 9.77. The highest BCUT2D eigenvalue weighted by Crippen LogP contribution is 2.43. The van der Waals surface area contributed by atoms with Gasteiger partial charge in [0.15, 0.2) is 14.1 Å². The molecule has 4 aromatic rings. The Kier molecular flexibility index (Phi) is 12.7. The molecular weight excluding hydrogens is 669 g/mol. The lowest BCUT2D eigenvalue weighted by Gasteiger charge is -2.39. The Morgan fingerprint density at radius 1 is 0.824 bits per heavy atom. The number of halogens is 2. The number of ether oxygens (including phenoxy) is 2. The quantitative estimate of drug-likeness (QED) is 0.0734. The Morgan fingerprint density at radius 3 is 1.88 bits per heavy atom. The molecular formula is C41H47F2NO6Si. The Labute approximate surface area is 300 Å². The molecule has 1 atom stereocenters. The van der Waals surface area contributed by atoms with Crippen LogP contribution in [0, 0.1) is 11.6 Å². The van der Waals surface area contributed by atoms with Gasteiger partial charge in [0.25, 0.3) is 0 Å². The van der Waals surface area contributed by atoms with Crippen molar-refractivity contribution >= 4 is 32.1 Å². The van der Waals surface area contributed by atoms with Crippen LogP contribution >= 0.6 is 0 Å². The summed E-state index contributed by atoms with van der Waals surface area (Å²) in [6.07, 6.45) is 2.17. The van der Waals surface area contributed by atoms with Gasteiger partial charge in [-0.1, -0.05) is 75.4 Å². The number of nitrogens with zero attached hydrogens (tertiary/aromatic N) is 1. The first-order valence-corrected chi connectivity index (χ1v) is 19.9. The van der Waals surface area contributed by atoms with E-state index in [-0.39, 0.29) is 42.0 Å². The van der Waals surface area contributed by atoms with Crippen molar-refractivity contribution < 1.29 is 37.1 Å². The van der Waals surface area contributed by atoms with Crippen LogP contribution in [0.5, 0.6) is 0 Å². The molecule has 3 aromatic carbocycles. The van der Waals surface area contributed by atoms with Crippen molar-refractivity contribution in [3.8, 4) is 22.3 Å². The summed E-state index contributed by atoms with van der Waals surface area (Å²) in [5.41, 5.74) is 3.57. The summed E-state index contributed by atoms with van der Waals surface area (Å²) in [5, 5.41) is -0.162. The summed E-state index contributed by atoms with van der Waals surface area (Å²) in [6, 6.07) is 20.5. The number of allylic oxidation sites excluding steroid dienone is 1. The maximum Gasteiger partial charge on any atom is 0.355 e. The van der Waals surface area contributed by atoms with E-state index < -0.39 is 38.0 Å². The molecule has 51 heavy (non-hydrogen) atoms. The zero-order valence-corrected chi connectivity index (χ0v) is 31.6. The number of methoxy groups -OCH3 is 1. The van der Waals surface area contributed by atoms with Gasteiger partial charge >= 0.3 is 11.9 Å². The normalized spacial score (nSPS) is 12.7. The second-order valence-electron chi connectivity index (χ2n) is 14.3. The van der Waals surface area contributed by atoms with E-state index in [1.54, 1.807) is 34.9 Å². The molecule has 1 heterocycles. The van der Waals surface area contributed by atoms with E-state index in [1.807, 2.05) is 44.2 Å². The van der Waals surface area contributed by atoms with Crippen LogP contribution in [0.4, 0.5) is 8.78 Å². The van der Waals surface area contributed by atoms with Gasteiger partial charge in [-0.25, -0.2) is 13.6 Å². The van der Waals surface area contributed by atoms with Crippen LogP contribution in [0.1, 0.15) is 75.2 Å². The van der Waals surface area contributed by atoms with Gasteiger partial charge in [-0.3, -0.25) is 9.59 Å². The van der Waals surface area contributed by atoms with Gasteiger partial charge < -0.3 is 18.5 Å². The van der Waals surface area contributed by atoms with Gasteiger partial charge in [0, 0.05) is 23.6 Å². The number of carbonyl (C=O) groups is 3. The average molecular weight is 716 g/mol. The van der Waals surface area contributed by atoms with Crippen molar-refractivity contribution in [3.63, 3.8) is 0 Å². The molecule has 0 fully saturated rings. The Morgan fingerprint density at radius 2 is 1.37 bits per heavy atom. The van der Waals surface area contributed by atoms with E-state index in [2.05, 4.69) is 33.9 Å². The summed E-state index contributed by atoms with van der Waals surface area (Å²) in [5.74, 6) is -2.31. The van der Waals surface area contributed by atoms with Crippen molar-refractivity contribution in [2.45, 2.75) is 84.3 Å². The number of rotatable bonds is 14. The van der Waals surface area contributed by atoms with Gasteiger partial charge in [0.05, 0.1) is 25.3 Å². The molecule has 0 amide bonds. The van der Waals surface area contributed by atoms with Gasteiger partial charge in [-0.05, 0) is 85.1 Å². The molecule has 0 aliphatic carbocycles. The minimum absolute atomic E-state index is 0.0111. The first kappa shape index (κ1) is 39.1. The lowest BCUT2D eigenvalue weighted by Crippen LogP contribution is -2.44. The van der Waals surface area contributed by atoms with Crippen molar-refractivity contribution in [3.05, 3.63) is 114 Å². The van der Waals surface area contributed by atoms with Crippen LogP contribution in [-0.2, 0) is 30.1 Å². The standard InChI is InChI=1S/C41H47F2NO6Si/c1-27(2)44-35(23-22-33(45)24-34(25-36(46)48-6)50-51(7,8)41(3,4)5)37(29-14-18-31(42)19-15-29)38(30-16-20-32(43)21-17-30)39(44)40(47)49-26-28-12-10-9-11-13-28/h9-23,27,34H,24-26H2,1-8H3/t34-/m1/s1. The number of hydrogen-bond donors (Lipinski definition) is 0. The van der Waals surface area contributed by atoms with E-state index in [0.717, 1.165) is 5.56 Å². The topological polar surface area (TPSA) is 83.8 Å². The zero-order chi connectivity index (χ0) is 37.5. The molecule has 10 heteroatoms. The van der Waals surface area contributed by atoms with Crippen molar-refractivity contribution in [1.82, 2.24) is 4.57 Å². The number of hydrogen-bond acceptors (Lipinski definition) is 6. The third-order valence-corrected chi connectivity index (χ3v) is 13.7. The second kappa shape index (κ2) is 16.6. The first-order valence-electron chi connectivity index (χ1n) is 17.0. The molecule has 0 radical (unpaired) electrons. The Hall–Kier alpha value is -4.67. The number of ketones is 1. The predicted octanol–water partition coefficient (Wildman–Crippen LogP) is 9.96. The summed E-state index contributed by atoms with van der Waals surface area (Å²) in [6.45, 7) is 14.1. The SMILES string of the molecule is COC(=O)C[C@@H](CC(=O)C=Cc1c(-c2ccc(F)cc2)c(-c2ccc(F)cc2)c(C(=O)OCc2ccccc2)n1C(C)C)O[Si](C)(C)C(C)(C)C. The largest absolute Gasteiger partial charge is 0.469 e. The molecule has 0 bridgehead atoms. The molecule has 0 unspecified atom stereocenters. The van der Waals surface area contributed by atoms with E-state index >= 15 is 0 Å². The van der Waals surface area contributed by atoms with Gasteiger partial charge in [0.1, 0.15) is 23.9 Å². The highest BCUT2D eigenvalue weighted by molar-refractivity contribution is 6.74. The maximum absolute atomic E-state index is 14.2. The van der Waals surface area contributed by atoms with Gasteiger partial charge in [-0.15, -0.1) is 0 Å². The first-order chi connectivity index (χ1) is 24.0. The molecule has 0 saturated carbocycles. The van der Waals surface area contributed by atoms with Crippen LogP contribution in [0.3, 0.4) is 0 Å². The van der Waals surface area contributed by atoms with E-state index in [9.17, 15) is 23.2 Å². The number of benzene rings is 3. The highest BCUT2D eigenvalue weighted by atomic mass is 28.4. The van der Waals surface area contributed by atoms with E-state index in [1.165, 1.54) is 37.5 Å². The fourth-order valence-electron chi connectivity index (χ4n) is 5.59. The van der Waals surface area contributed by atoms with Crippen LogP contribution in [0.15, 0.2) is 84.9 Å². The van der Waals surface area contributed by atoms with Crippen LogP contribution in [0.2, 0.25) is 18.1 Å². The predicted molar refractivity (Wildman–Crippen MR) is 199 cm³/mol. The number of carbonyl (C=O) groups excluding carboxylic acids is 3. The summed E-state index contributed by atoms with van der Waals surface area (Å²) < 4.78 is 47.5. The van der Waals surface area contributed by atoms with Crippen LogP contribution < -0.4 is 0 Å². The van der Waals surface area contributed by atoms with Crippen LogP contribution in [0.25, 0.3) is 28.3 Å². The fraction of sp³-hybridized carbons (Fsp3) is 0.341. The van der Waals surface area contributed by atoms with Crippen molar-refractivity contribution in [2.75, 3.05) is 7.11 Å². The fourth-order valence-corrected chi connectivity index (χ4v) is 6.94. The molecule has 4 rings (SSSR count). The summed E-state index contributed by atoms with van der Waals surface area (Å²) >= 11 is 0. The Balaban J connectivity index is 1.89. The smallest absolute Gasteiger partial charge is 0.355 e. The van der Waals surface area contributed by atoms with Gasteiger partial charge in [0.2, 0.25) is 0 Å². The molecule has 270 valence electrons. The minimum atomic E-state index is -2.37. The van der Waals surface area contributed by atoms with E-state index in [0.29, 0.717) is 27.9 Å². The maximum atomic E-state index is 14.2. The monoisotopic (exact) mass is 715 g/mol. The Bertz CT molecular complexity index is 1860. The van der Waals surface area contributed by atoms with Crippen molar-refractivity contribution in [1.29, 1.82) is 0 Å². The summed E-state index contributed by atoms with van der Waals surface area (Å²) in [7, 11) is -1.07. The third-order valence-electron chi connectivity index (χ3n) is 9.18. The average Bonchev–Trinajstić information content (AvgIpc) is 3.42. The van der Waals surface area contributed by atoms with Crippen molar-refractivity contribution in [2.24, 2.45) is 0 Å². The molecule has 1 aromatic heterocycles. The molecule has 0 saturated heterocycles. The van der Waals surface area contributed by atoms with E-state index in [4.69, 9.17) is 13.9 Å². The molecule has 7 nitrogen and oxygen atoms in total. The number of esters is 2. The highest BCUT2D eigenvalue weighted by Gasteiger charge is 2.40. The lowest BCUT2D eigenvalue weighted by molar-refractivity contribution is -0.142. The lowest BCUT2D eigenvalue weighted by atomic mass is 9.94. The molecule has 0 aliphatic heterocycles. The second-order valence-corrected chi connectivity index (χ2v) is 19.1. The molecule has 0 spiro atoms. The molecule has 0 aliphatic rings. The van der Waals surface area contributed by atoms with Gasteiger partial charge in [-0.2, -0.15) is 0 Å². The zero-order valence-electron chi connectivity index (χ0n) is 30.6. The number of aromatic nitrogens is 1.